The Balaban J connectivity index is 2.19. The predicted molar refractivity (Wildman–Crippen MR) is 59.2 cm³/mol. The van der Waals surface area contributed by atoms with Crippen molar-refractivity contribution in [2.24, 2.45) is 0 Å². The molecule has 1 aliphatic rings. The van der Waals surface area contributed by atoms with Crippen molar-refractivity contribution in [3.05, 3.63) is 29.3 Å². The van der Waals surface area contributed by atoms with Crippen molar-refractivity contribution in [3.63, 3.8) is 0 Å². The van der Waals surface area contributed by atoms with Gasteiger partial charge in [-0.1, -0.05) is 6.07 Å². The van der Waals surface area contributed by atoms with Crippen molar-refractivity contribution in [2.75, 3.05) is 19.8 Å². The molecule has 15 heavy (non-hydrogen) atoms. The van der Waals surface area contributed by atoms with E-state index in [1.165, 1.54) is 5.56 Å². The van der Waals surface area contributed by atoms with Crippen molar-refractivity contribution < 1.29 is 4.79 Å². The highest BCUT2D eigenvalue weighted by Gasteiger charge is 2.24. The third kappa shape index (κ3) is 1.75. The van der Waals surface area contributed by atoms with Crippen LogP contribution in [0.1, 0.15) is 11.1 Å². The third-order valence-corrected chi connectivity index (χ3v) is 2.61. The van der Waals surface area contributed by atoms with E-state index in [0.717, 1.165) is 11.3 Å². The van der Waals surface area contributed by atoms with Gasteiger partial charge in [0, 0.05) is 32.9 Å². The topological polar surface area (TPSA) is 49.6 Å². The van der Waals surface area contributed by atoms with E-state index in [2.05, 4.69) is 0 Å². The lowest BCUT2D eigenvalue weighted by Gasteiger charge is -2.20. The number of benzene rings is 1. The van der Waals surface area contributed by atoms with Crippen molar-refractivity contribution in [3.8, 4) is 0 Å². The lowest BCUT2D eigenvalue weighted by molar-refractivity contribution is 0.171. The molecule has 0 radical (unpaired) electrons. The Bertz CT molecular complexity index is 401. The van der Waals surface area contributed by atoms with Crippen LogP contribution >= 0.6 is 0 Å². The van der Waals surface area contributed by atoms with E-state index in [9.17, 15) is 4.79 Å². The summed E-state index contributed by atoms with van der Waals surface area (Å²) >= 11 is 0. The first kappa shape index (κ1) is 9.83. The van der Waals surface area contributed by atoms with E-state index in [0.29, 0.717) is 13.1 Å². The summed E-state index contributed by atoms with van der Waals surface area (Å²) in [5.74, 6) is 0. The molecule has 4 nitrogen and oxygen atoms in total. The Morgan fingerprint density at radius 2 is 2.00 bits per heavy atom. The second kappa shape index (κ2) is 3.46. The summed E-state index contributed by atoms with van der Waals surface area (Å²) in [5.41, 5.74) is 8.81. The summed E-state index contributed by atoms with van der Waals surface area (Å²) in [4.78, 5) is 15.1. The Kier molecular flexibility index (Phi) is 2.26. The summed E-state index contributed by atoms with van der Waals surface area (Å²) in [6.45, 7) is 1.35. The Morgan fingerprint density at radius 3 is 2.67 bits per heavy atom. The van der Waals surface area contributed by atoms with Crippen molar-refractivity contribution in [2.45, 2.75) is 13.1 Å². The van der Waals surface area contributed by atoms with Crippen LogP contribution < -0.4 is 5.73 Å². The van der Waals surface area contributed by atoms with Gasteiger partial charge in [0.05, 0.1) is 0 Å². The molecule has 0 aromatic heterocycles. The summed E-state index contributed by atoms with van der Waals surface area (Å²) < 4.78 is 0. The molecule has 0 bridgehead atoms. The molecule has 0 unspecified atom stereocenters. The first-order chi connectivity index (χ1) is 7.08. The largest absolute Gasteiger partial charge is 0.399 e. The highest BCUT2D eigenvalue weighted by Crippen LogP contribution is 2.25. The molecule has 0 saturated heterocycles. The normalized spacial score (nSPS) is 13.9. The molecule has 1 aliphatic heterocycles. The van der Waals surface area contributed by atoms with Gasteiger partial charge in [-0.15, -0.1) is 0 Å². The van der Waals surface area contributed by atoms with Gasteiger partial charge in [-0.3, -0.25) is 0 Å². The Hall–Kier alpha value is -1.71. The van der Waals surface area contributed by atoms with Crippen molar-refractivity contribution in [1.82, 2.24) is 9.80 Å². The molecule has 4 heteroatoms. The summed E-state index contributed by atoms with van der Waals surface area (Å²) in [6, 6.07) is 5.86. The second-order valence-electron chi connectivity index (χ2n) is 4.06. The number of nitrogens with zero attached hydrogens (tertiary/aromatic N) is 2. The van der Waals surface area contributed by atoms with Gasteiger partial charge in [0.25, 0.3) is 0 Å². The van der Waals surface area contributed by atoms with E-state index < -0.39 is 0 Å². The number of nitrogens with two attached hydrogens (primary N) is 1. The van der Waals surface area contributed by atoms with Gasteiger partial charge in [-0.2, -0.15) is 0 Å². The first-order valence-corrected chi connectivity index (χ1v) is 4.91. The lowest BCUT2D eigenvalue weighted by Crippen LogP contribution is -2.35. The van der Waals surface area contributed by atoms with E-state index in [1.807, 2.05) is 23.1 Å². The highest BCUT2D eigenvalue weighted by molar-refractivity contribution is 5.74. The fraction of sp³-hybridized carbons (Fsp3) is 0.364. The fourth-order valence-corrected chi connectivity index (χ4v) is 1.83. The minimum Gasteiger partial charge on any atom is -0.399 e. The van der Waals surface area contributed by atoms with Crippen LogP contribution in [0.25, 0.3) is 0 Å². The van der Waals surface area contributed by atoms with Crippen molar-refractivity contribution >= 4 is 11.7 Å². The maximum atomic E-state index is 11.7. The molecule has 0 aliphatic carbocycles. The monoisotopic (exact) mass is 205 g/mol. The summed E-state index contributed by atoms with van der Waals surface area (Å²) in [5, 5.41) is 0. The zero-order chi connectivity index (χ0) is 11.0. The molecular weight excluding hydrogens is 190 g/mol. The van der Waals surface area contributed by atoms with Gasteiger partial charge < -0.3 is 15.5 Å². The van der Waals surface area contributed by atoms with E-state index in [1.54, 1.807) is 19.0 Å². The molecule has 1 heterocycles. The van der Waals surface area contributed by atoms with E-state index in [-0.39, 0.29) is 6.03 Å². The molecule has 1 aromatic carbocycles. The molecule has 0 spiro atoms. The van der Waals surface area contributed by atoms with Crippen LogP contribution in [0.5, 0.6) is 0 Å². The van der Waals surface area contributed by atoms with Gasteiger partial charge in [-0.25, -0.2) is 4.79 Å². The number of anilines is 1. The molecular formula is C11H15N3O. The number of nitrogen functional groups attached to an aromatic ring is 1. The first-order valence-electron chi connectivity index (χ1n) is 4.91. The Labute approximate surface area is 89.3 Å². The van der Waals surface area contributed by atoms with Crippen LogP contribution in [0, 0.1) is 0 Å². The SMILES string of the molecule is CN(C)C(=O)N1Cc2ccc(N)cc2C1. The number of hydrogen-bond acceptors (Lipinski definition) is 2. The molecule has 2 N–H and O–H groups in total. The molecule has 0 saturated carbocycles. The average Bonchev–Trinajstić information content (AvgIpc) is 2.58. The minimum absolute atomic E-state index is 0.0461. The van der Waals surface area contributed by atoms with E-state index in [4.69, 9.17) is 5.73 Å². The predicted octanol–water partition coefficient (Wildman–Crippen LogP) is 1.27. The summed E-state index contributed by atoms with van der Waals surface area (Å²) in [6.07, 6.45) is 0. The fourth-order valence-electron chi connectivity index (χ4n) is 1.83. The van der Waals surface area contributed by atoms with Gasteiger partial charge in [0.2, 0.25) is 0 Å². The maximum absolute atomic E-state index is 11.7. The molecule has 80 valence electrons. The number of fused-ring (bicyclic) bond motifs is 1. The molecule has 0 fully saturated rings. The van der Waals surface area contributed by atoms with Crippen LogP contribution in [-0.2, 0) is 13.1 Å². The summed E-state index contributed by atoms with van der Waals surface area (Å²) in [7, 11) is 3.53. The molecule has 2 rings (SSSR count). The number of rotatable bonds is 0. The number of carbonyl (C=O) groups excluding carboxylic acids is 1. The van der Waals surface area contributed by atoms with Crippen LogP contribution in [0.2, 0.25) is 0 Å². The van der Waals surface area contributed by atoms with Crippen LogP contribution in [0.4, 0.5) is 10.5 Å². The smallest absolute Gasteiger partial charge is 0.320 e. The zero-order valence-corrected chi connectivity index (χ0v) is 9.03. The van der Waals surface area contributed by atoms with Crippen LogP contribution in [-0.4, -0.2) is 29.9 Å². The van der Waals surface area contributed by atoms with Gasteiger partial charge in [0.15, 0.2) is 0 Å². The average molecular weight is 205 g/mol. The number of amides is 2. The number of hydrogen-bond donors (Lipinski definition) is 1. The van der Waals surface area contributed by atoms with E-state index >= 15 is 0 Å². The lowest BCUT2D eigenvalue weighted by atomic mass is 10.1. The number of urea groups is 1. The second-order valence-corrected chi connectivity index (χ2v) is 4.06. The van der Waals surface area contributed by atoms with Crippen LogP contribution in [0.3, 0.4) is 0 Å². The standard InChI is InChI=1S/C11H15N3O/c1-13(2)11(15)14-6-8-3-4-10(12)5-9(8)7-14/h3-5H,6-7,12H2,1-2H3. The van der Waals surface area contributed by atoms with Gasteiger partial charge in [0.1, 0.15) is 0 Å². The molecule has 1 aromatic rings. The van der Waals surface area contributed by atoms with Crippen LogP contribution in [0.15, 0.2) is 18.2 Å². The maximum Gasteiger partial charge on any atom is 0.320 e. The number of carbonyl (C=O) groups is 1. The molecule has 2 amide bonds. The Morgan fingerprint density at radius 1 is 1.33 bits per heavy atom. The van der Waals surface area contributed by atoms with Crippen molar-refractivity contribution in [1.29, 1.82) is 0 Å². The molecule has 0 atom stereocenters. The third-order valence-electron chi connectivity index (χ3n) is 2.61. The van der Waals surface area contributed by atoms with Gasteiger partial charge >= 0.3 is 6.03 Å². The zero-order valence-electron chi connectivity index (χ0n) is 9.03. The van der Waals surface area contributed by atoms with Gasteiger partial charge in [-0.05, 0) is 23.3 Å². The highest BCUT2D eigenvalue weighted by atomic mass is 16.2. The minimum atomic E-state index is 0.0461. The quantitative estimate of drug-likeness (QED) is 0.648.